The number of ether oxygens (including phenoxy) is 1. The highest BCUT2D eigenvalue weighted by Gasteiger charge is 2.20. The Hall–Kier alpha value is -2.05. The summed E-state index contributed by atoms with van der Waals surface area (Å²) in [6.07, 6.45) is 1.36. The Morgan fingerprint density at radius 1 is 1.40 bits per heavy atom. The summed E-state index contributed by atoms with van der Waals surface area (Å²) in [7, 11) is 0. The molecule has 1 rings (SSSR count). The molecule has 1 aromatic rings. The Kier molecular flexibility index (Phi) is 6.02. The van der Waals surface area contributed by atoms with Crippen LogP contribution in [0.1, 0.15) is 27.7 Å². The van der Waals surface area contributed by atoms with Crippen LogP contribution in [0.5, 0.6) is 5.88 Å². The number of carbonyl (C=O) groups excluding carboxylic acids is 1. The molecule has 0 bridgehead atoms. The summed E-state index contributed by atoms with van der Waals surface area (Å²) in [5, 5.41) is 3.01. The Balaban J connectivity index is 2.82. The largest absolute Gasteiger partial charge is 0.476 e. The summed E-state index contributed by atoms with van der Waals surface area (Å²) in [5.74, 6) is 0.745. The number of anilines is 2. The SMILES string of the molecule is CCOc1ncnc(NC(C)C(=O)N(CC)CC)c1N. The number of nitrogens with one attached hydrogen (secondary N) is 1. The van der Waals surface area contributed by atoms with Gasteiger partial charge in [-0.05, 0) is 27.7 Å². The Bertz CT molecular complexity index is 448. The van der Waals surface area contributed by atoms with Gasteiger partial charge >= 0.3 is 0 Å². The molecule has 0 saturated heterocycles. The number of likely N-dealkylation sites (N-methyl/N-ethyl adjacent to an activating group) is 1. The van der Waals surface area contributed by atoms with E-state index in [-0.39, 0.29) is 5.91 Å². The van der Waals surface area contributed by atoms with E-state index in [1.807, 2.05) is 20.8 Å². The lowest BCUT2D eigenvalue weighted by Gasteiger charge is -2.24. The molecule has 1 heterocycles. The predicted octanol–water partition coefficient (Wildman–Crippen LogP) is 1.13. The molecule has 0 saturated carbocycles. The molecule has 3 N–H and O–H groups in total. The monoisotopic (exact) mass is 281 g/mol. The lowest BCUT2D eigenvalue weighted by Crippen LogP contribution is -2.41. The molecular formula is C13H23N5O2. The summed E-state index contributed by atoms with van der Waals surface area (Å²) in [5.41, 5.74) is 6.24. The third kappa shape index (κ3) is 3.72. The standard InChI is InChI=1S/C13H23N5O2/c1-5-18(6-2)13(19)9(4)17-11-10(14)12(20-7-3)16-8-15-11/h8-9H,5-7,14H2,1-4H3,(H,15,16,17). The van der Waals surface area contributed by atoms with Gasteiger partial charge in [-0.25, -0.2) is 4.98 Å². The summed E-state index contributed by atoms with van der Waals surface area (Å²) in [4.78, 5) is 21.9. The van der Waals surface area contributed by atoms with E-state index in [4.69, 9.17) is 10.5 Å². The minimum Gasteiger partial charge on any atom is -0.476 e. The van der Waals surface area contributed by atoms with Crippen molar-refractivity contribution in [2.24, 2.45) is 0 Å². The molecule has 0 aliphatic carbocycles. The molecule has 0 radical (unpaired) electrons. The van der Waals surface area contributed by atoms with Gasteiger partial charge in [0.05, 0.1) is 6.61 Å². The van der Waals surface area contributed by atoms with Crippen molar-refractivity contribution in [2.75, 3.05) is 30.7 Å². The highest BCUT2D eigenvalue weighted by atomic mass is 16.5. The predicted molar refractivity (Wildman–Crippen MR) is 78.6 cm³/mol. The highest BCUT2D eigenvalue weighted by molar-refractivity contribution is 5.85. The normalized spacial score (nSPS) is 11.8. The second kappa shape index (κ2) is 7.52. The fraction of sp³-hybridized carbons (Fsp3) is 0.615. The minimum absolute atomic E-state index is 0.00553. The van der Waals surface area contributed by atoms with E-state index in [0.29, 0.717) is 37.1 Å². The number of amides is 1. The van der Waals surface area contributed by atoms with Crippen molar-refractivity contribution in [3.8, 4) is 5.88 Å². The zero-order chi connectivity index (χ0) is 15.1. The average Bonchev–Trinajstić information content (AvgIpc) is 2.44. The van der Waals surface area contributed by atoms with Gasteiger partial charge in [0.25, 0.3) is 0 Å². The van der Waals surface area contributed by atoms with Crippen LogP contribution in [0.25, 0.3) is 0 Å². The van der Waals surface area contributed by atoms with E-state index < -0.39 is 6.04 Å². The molecule has 7 nitrogen and oxygen atoms in total. The van der Waals surface area contributed by atoms with Crippen LogP contribution in [0, 0.1) is 0 Å². The van der Waals surface area contributed by atoms with Gasteiger partial charge in [0, 0.05) is 13.1 Å². The molecule has 7 heteroatoms. The zero-order valence-corrected chi connectivity index (χ0v) is 12.5. The first kappa shape index (κ1) is 16.0. The first-order valence-corrected chi connectivity index (χ1v) is 6.83. The Morgan fingerprint density at radius 2 is 2.05 bits per heavy atom. The van der Waals surface area contributed by atoms with E-state index in [1.54, 1.807) is 11.8 Å². The number of nitrogens with two attached hydrogens (primary N) is 1. The number of aromatic nitrogens is 2. The molecule has 0 aromatic carbocycles. The van der Waals surface area contributed by atoms with Crippen LogP contribution in [0.15, 0.2) is 6.33 Å². The lowest BCUT2D eigenvalue weighted by atomic mass is 10.2. The highest BCUT2D eigenvalue weighted by Crippen LogP contribution is 2.25. The maximum Gasteiger partial charge on any atom is 0.244 e. The van der Waals surface area contributed by atoms with Gasteiger partial charge in [-0.3, -0.25) is 4.79 Å². The van der Waals surface area contributed by atoms with Crippen molar-refractivity contribution < 1.29 is 9.53 Å². The van der Waals surface area contributed by atoms with Gasteiger partial charge in [0.1, 0.15) is 18.1 Å². The fourth-order valence-corrected chi connectivity index (χ4v) is 1.82. The van der Waals surface area contributed by atoms with Gasteiger partial charge < -0.3 is 20.7 Å². The van der Waals surface area contributed by atoms with Crippen molar-refractivity contribution in [2.45, 2.75) is 33.7 Å². The molecule has 20 heavy (non-hydrogen) atoms. The Labute approximate surface area is 119 Å². The lowest BCUT2D eigenvalue weighted by molar-refractivity contribution is -0.131. The molecule has 0 fully saturated rings. The second-order valence-corrected chi connectivity index (χ2v) is 4.25. The smallest absolute Gasteiger partial charge is 0.244 e. The topological polar surface area (TPSA) is 93.4 Å². The van der Waals surface area contributed by atoms with Gasteiger partial charge in [-0.1, -0.05) is 0 Å². The van der Waals surface area contributed by atoms with E-state index in [2.05, 4.69) is 15.3 Å². The van der Waals surface area contributed by atoms with Crippen LogP contribution < -0.4 is 15.8 Å². The number of nitrogen functional groups attached to an aromatic ring is 1. The van der Waals surface area contributed by atoms with Crippen LogP contribution in [0.4, 0.5) is 11.5 Å². The van der Waals surface area contributed by atoms with Gasteiger partial charge in [-0.15, -0.1) is 0 Å². The zero-order valence-electron chi connectivity index (χ0n) is 12.5. The summed E-state index contributed by atoms with van der Waals surface area (Å²) in [6.45, 7) is 9.33. The van der Waals surface area contributed by atoms with Crippen LogP contribution in [-0.4, -0.2) is 46.5 Å². The molecule has 1 unspecified atom stereocenters. The van der Waals surface area contributed by atoms with Crippen LogP contribution in [0.3, 0.4) is 0 Å². The minimum atomic E-state index is -0.415. The van der Waals surface area contributed by atoms with E-state index in [0.717, 1.165) is 0 Å². The summed E-state index contributed by atoms with van der Waals surface area (Å²) in [6, 6.07) is -0.415. The maximum absolute atomic E-state index is 12.2. The average molecular weight is 281 g/mol. The molecule has 112 valence electrons. The third-order valence-corrected chi connectivity index (χ3v) is 2.93. The van der Waals surface area contributed by atoms with Crippen molar-refractivity contribution in [1.29, 1.82) is 0 Å². The molecule has 0 spiro atoms. The van der Waals surface area contributed by atoms with Crippen molar-refractivity contribution >= 4 is 17.4 Å². The molecule has 0 aliphatic heterocycles. The second-order valence-electron chi connectivity index (χ2n) is 4.25. The van der Waals surface area contributed by atoms with Crippen molar-refractivity contribution in [3.63, 3.8) is 0 Å². The van der Waals surface area contributed by atoms with E-state index in [9.17, 15) is 4.79 Å². The van der Waals surface area contributed by atoms with Crippen molar-refractivity contribution in [3.05, 3.63) is 6.33 Å². The van der Waals surface area contributed by atoms with Crippen LogP contribution >= 0.6 is 0 Å². The third-order valence-electron chi connectivity index (χ3n) is 2.93. The number of hydrogen-bond acceptors (Lipinski definition) is 6. The molecule has 0 aliphatic rings. The number of hydrogen-bond donors (Lipinski definition) is 2. The van der Waals surface area contributed by atoms with Crippen LogP contribution in [0.2, 0.25) is 0 Å². The molecule has 1 aromatic heterocycles. The van der Waals surface area contributed by atoms with Gasteiger partial charge in [0.2, 0.25) is 11.8 Å². The molecular weight excluding hydrogens is 258 g/mol. The van der Waals surface area contributed by atoms with Gasteiger partial charge in [-0.2, -0.15) is 4.98 Å². The van der Waals surface area contributed by atoms with E-state index in [1.165, 1.54) is 6.33 Å². The number of carbonyl (C=O) groups is 1. The van der Waals surface area contributed by atoms with Crippen LogP contribution in [-0.2, 0) is 4.79 Å². The number of rotatable bonds is 7. The molecule has 1 amide bonds. The quantitative estimate of drug-likeness (QED) is 0.778. The van der Waals surface area contributed by atoms with Crippen molar-refractivity contribution in [1.82, 2.24) is 14.9 Å². The summed E-state index contributed by atoms with van der Waals surface area (Å²) < 4.78 is 5.30. The maximum atomic E-state index is 12.2. The van der Waals surface area contributed by atoms with Gasteiger partial charge in [0.15, 0.2) is 5.82 Å². The summed E-state index contributed by atoms with van der Waals surface area (Å²) >= 11 is 0. The Morgan fingerprint density at radius 3 is 2.60 bits per heavy atom. The first-order chi connectivity index (χ1) is 9.54. The van der Waals surface area contributed by atoms with E-state index >= 15 is 0 Å². The first-order valence-electron chi connectivity index (χ1n) is 6.83. The number of nitrogens with zero attached hydrogens (tertiary/aromatic N) is 3. The fourth-order valence-electron chi connectivity index (χ4n) is 1.82. The molecule has 1 atom stereocenters.